The van der Waals surface area contributed by atoms with Gasteiger partial charge in [0.15, 0.2) is 11.5 Å². The third-order valence-corrected chi connectivity index (χ3v) is 4.21. The lowest BCUT2D eigenvalue weighted by Crippen LogP contribution is -2.31. The fraction of sp³-hybridized carbons (Fsp3) is 0.474. The maximum absolute atomic E-state index is 12.2. The summed E-state index contributed by atoms with van der Waals surface area (Å²) < 4.78 is 13.0. The van der Waals surface area contributed by atoms with Gasteiger partial charge in [0.1, 0.15) is 13.2 Å². The van der Waals surface area contributed by atoms with E-state index in [9.17, 15) is 4.79 Å². The number of carbonyl (C=O) groups is 1. The van der Waals surface area contributed by atoms with Crippen molar-refractivity contribution in [3.05, 3.63) is 41.2 Å². The molecule has 1 atom stereocenters. The van der Waals surface area contributed by atoms with Crippen LogP contribution in [0.4, 0.5) is 0 Å². The van der Waals surface area contributed by atoms with Gasteiger partial charge in [-0.3, -0.25) is 9.48 Å². The highest BCUT2D eigenvalue weighted by Crippen LogP contribution is 2.30. The normalized spacial score (nSPS) is 14.2. The third kappa shape index (κ3) is 4.53. The number of hydrogen-bond acceptors (Lipinski definition) is 4. The molecule has 0 bridgehead atoms. The van der Waals surface area contributed by atoms with E-state index in [1.54, 1.807) is 0 Å². The number of aryl methyl sites for hydroxylation is 2. The number of amides is 1. The van der Waals surface area contributed by atoms with Gasteiger partial charge in [-0.25, -0.2) is 0 Å². The minimum atomic E-state index is 0.0110. The quantitative estimate of drug-likeness (QED) is 0.874. The van der Waals surface area contributed by atoms with E-state index in [1.165, 1.54) is 0 Å². The van der Waals surface area contributed by atoms with Crippen molar-refractivity contribution in [2.75, 3.05) is 19.8 Å². The van der Waals surface area contributed by atoms with Crippen molar-refractivity contribution in [3.63, 3.8) is 0 Å². The first-order valence-corrected chi connectivity index (χ1v) is 8.67. The maximum Gasteiger partial charge on any atom is 0.224 e. The smallest absolute Gasteiger partial charge is 0.224 e. The first-order chi connectivity index (χ1) is 12.0. The standard InChI is InChI=1S/C19H25N3O3/c1-13(12-22-15(3)8-14(2)21-22)11-20-19(23)10-16-4-5-17-18(9-16)25-7-6-24-17/h4-5,8-9,13H,6-7,10-12H2,1-3H3,(H,20,23). The van der Waals surface area contributed by atoms with E-state index in [-0.39, 0.29) is 5.91 Å². The largest absolute Gasteiger partial charge is 0.486 e. The average Bonchev–Trinajstić information content (AvgIpc) is 2.90. The van der Waals surface area contributed by atoms with Crippen molar-refractivity contribution in [1.29, 1.82) is 0 Å². The highest BCUT2D eigenvalue weighted by molar-refractivity contribution is 5.78. The molecule has 1 aromatic heterocycles. The lowest BCUT2D eigenvalue weighted by molar-refractivity contribution is -0.120. The Morgan fingerprint density at radius 2 is 2.00 bits per heavy atom. The van der Waals surface area contributed by atoms with Crippen molar-refractivity contribution >= 4 is 5.91 Å². The molecule has 1 aliphatic rings. The summed E-state index contributed by atoms with van der Waals surface area (Å²) in [7, 11) is 0. The third-order valence-electron chi connectivity index (χ3n) is 4.21. The SMILES string of the molecule is Cc1cc(C)n(CC(C)CNC(=O)Cc2ccc3c(c2)OCCO3)n1. The molecule has 0 aliphatic carbocycles. The van der Waals surface area contributed by atoms with Gasteiger partial charge in [-0.2, -0.15) is 5.10 Å². The van der Waals surface area contributed by atoms with Crippen molar-refractivity contribution in [1.82, 2.24) is 15.1 Å². The van der Waals surface area contributed by atoms with E-state index in [4.69, 9.17) is 9.47 Å². The number of hydrogen-bond donors (Lipinski definition) is 1. The summed E-state index contributed by atoms with van der Waals surface area (Å²) in [6.07, 6.45) is 0.337. The van der Waals surface area contributed by atoms with Crippen molar-refractivity contribution in [2.45, 2.75) is 33.7 Å². The van der Waals surface area contributed by atoms with Crippen molar-refractivity contribution in [3.8, 4) is 11.5 Å². The maximum atomic E-state index is 12.2. The molecule has 0 spiro atoms. The average molecular weight is 343 g/mol. The van der Waals surface area contributed by atoms with Gasteiger partial charge >= 0.3 is 0 Å². The van der Waals surface area contributed by atoms with Gasteiger partial charge in [0.05, 0.1) is 12.1 Å². The van der Waals surface area contributed by atoms with Gasteiger partial charge in [-0.15, -0.1) is 0 Å². The molecule has 1 unspecified atom stereocenters. The van der Waals surface area contributed by atoms with E-state index < -0.39 is 0 Å². The van der Waals surface area contributed by atoms with Crippen LogP contribution < -0.4 is 14.8 Å². The highest BCUT2D eigenvalue weighted by Gasteiger charge is 2.14. The second-order valence-electron chi connectivity index (χ2n) is 6.67. The molecule has 1 aromatic carbocycles. The Bertz CT molecular complexity index is 754. The summed E-state index contributed by atoms with van der Waals surface area (Å²) in [5, 5.41) is 7.47. The van der Waals surface area contributed by atoms with Gasteiger partial charge in [-0.05, 0) is 43.5 Å². The number of benzene rings is 1. The summed E-state index contributed by atoms with van der Waals surface area (Å²) >= 11 is 0. The van der Waals surface area contributed by atoms with Crippen molar-refractivity contribution in [2.24, 2.45) is 5.92 Å². The molecule has 6 nitrogen and oxygen atoms in total. The van der Waals surface area contributed by atoms with Crippen LogP contribution in [0.5, 0.6) is 11.5 Å². The molecule has 0 fully saturated rings. The van der Waals surface area contributed by atoms with E-state index >= 15 is 0 Å². The number of carbonyl (C=O) groups excluding carboxylic acids is 1. The van der Waals surface area contributed by atoms with Crippen molar-refractivity contribution < 1.29 is 14.3 Å². The summed E-state index contributed by atoms with van der Waals surface area (Å²) in [5.41, 5.74) is 3.09. The molecule has 1 aliphatic heterocycles. The molecule has 0 saturated heterocycles. The van der Waals surface area contributed by atoms with Crippen LogP contribution >= 0.6 is 0 Å². The minimum absolute atomic E-state index is 0.0110. The molecule has 1 N–H and O–H groups in total. The zero-order valence-corrected chi connectivity index (χ0v) is 15.0. The Labute approximate surface area is 148 Å². The summed E-state index contributed by atoms with van der Waals surface area (Å²) in [6, 6.07) is 7.72. The first kappa shape index (κ1) is 17.3. The van der Waals surface area contributed by atoms with Crippen LogP contribution in [0.3, 0.4) is 0 Å². The fourth-order valence-corrected chi connectivity index (χ4v) is 2.95. The molecule has 2 aromatic rings. The van der Waals surface area contributed by atoms with Gasteiger partial charge in [0, 0.05) is 18.8 Å². The molecule has 6 heteroatoms. The Kier molecular flexibility index (Phi) is 5.26. The topological polar surface area (TPSA) is 65.4 Å². The van der Waals surface area contributed by atoms with Crippen LogP contribution in [0.1, 0.15) is 23.9 Å². The summed E-state index contributed by atoms with van der Waals surface area (Å²) in [5.74, 6) is 1.78. The second-order valence-corrected chi connectivity index (χ2v) is 6.67. The molecular weight excluding hydrogens is 318 g/mol. The van der Waals surface area contributed by atoms with E-state index in [2.05, 4.69) is 23.4 Å². The van der Waals surface area contributed by atoms with E-state index in [0.29, 0.717) is 32.1 Å². The summed E-state index contributed by atoms with van der Waals surface area (Å²) in [4.78, 5) is 12.2. The molecule has 0 radical (unpaired) electrons. The zero-order valence-electron chi connectivity index (χ0n) is 15.0. The number of fused-ring (bicyclic) bond motifs is 1. The molecule has 134 valence electrons. The van der Waals surface area contributed by atoms with Crippen LogP contribution in [0, 0.1) is 19.8 Å². The minimum Gasteiger partial charge on any atom is -0.486 e. The molecule has 2 heterocycles. The van der Waals surface area contributed by atoms with Gasteiger partial charge in [-0.1, -0.05) is 13.0 Å². The number of nitrogens with zero attached hydrogens (tertiary/aromatic N) is 2. The molecule has 25 heavy (non-hydrogen) atoms. The van der Waals surface area contributed by atoms with Gasteiger partial charge in [0.2, 0.25) is 5.91 Å². The fourth-order valence-electron chi connectivity index (χ4n) is 2.95. The van der Waals surface area contributed by atoms with Crippen LogP contribution in [0.2, 0.25) is 0 Å². The number of aromatic nitrogens is 2. The molecule has 1 amide bonds. The Balaban J connectivity index is 1.48. The first-order valence-electron chi connectivity index (χ1n) is 8.67. The molecular formula is C19H25N3O3. The monoisotopic (exact) mass is 343 g/mol. The number of nitrogens with one attached hydrogen (secondary N) is 1. The van der Waals surface area contributed by atoms with Crippen LogP contribution in [-0.2, 0) is 17.8 Å². The van der Waals surface area contributed by atoms with E-state index in [0.717, 1.165) is 35.0 Å². The molecule has 3 rings (SSSR count). The Morgan fingerprint density at radius 1 is 1.24 bits per heavy atom. The zero-order chi connectivity index (χ0) is 17.8. The Hall–Kier alpha value is -2.50. The lowest BCUT2D eigenvalue weighted by Gasteiger charge is -2.19. The number of rotatable bonds is 6. The van der Waals surface area contributed by atoms with Gasteiger partial charge < -0.3 is 14.8 Å². The highest BCUT2D eigenvalue weighted by atomic mass is 16.6. The summed E-state index contributed by atoms with van der Waals surface area (Å²) in [6.45, 7) is 8.69. The predicted molar refractivity (Wildman–Crippen MR) is 95.0 cm³/mol. The Morgan fingerprint density at radius 3 is 2.72 bits per heavy atom. The molecule has 0 saturated carbocycles. The lowest BCUT2D eigenvalue weighted by atomic mass is 10.1. The van der Waals surface area contributed by atoms with Gasteiger partial charge in [0.25, 0.3) is 0 Å². The van der Waals surface area contributed by atoms with Crippen LogP contribution in [0.25, 0.3) is 0 Å². The van der Waals surface area contributed by atoms with Crippen LogP contribution in [0.15, 0.2) is 24.3 Å². The van der Waals surface area contributed by atoms with Crippen LogP contribution in [-0.4, -0.2) is 35.4 Å². The predicted octanol–water partition coefficient (Wildman–Crippen LogP) is 2.27. The number of ether oxygens (including phenoxy) is 2. The van der Waals surface area contributed by atoms with E-state index in [1.807, 2.05) is 36.7 Å². The second kappa shape index (κ2) is 7.59.